The first-order valence-electron chi connectivity index (χ1n) is 6.70. The maximum atomic E-state index is 10.8. The Balaban J connectivity index is 1.97. The quantitative estimate of drug-likeness (QED) is 0.426. The molecule has 0 spiro atoms. The van der Waals surface area contributed by atoms with Crippen LogP contribution >= 0.6 is 0 Å². The van der Waals surface area contributed by atoms with Gasteiger partial charge in [0.15, 0.2) is 0 Å². The molecular weight excluding hydrogens is 298 g/mol. The summed E-state index contributed by atoms with van der Waals surface area (Å²) in [7, 11) is 0. The third-order valence-corrected chi connectivity index (χ3v) is 3.49. The van der Waals surface area contributed by atoms with E-state index >= 15 is 0 Å². The molecule has 8 nitrogen and oxygen atoms in total. The average Bonchev–Trinajstić information content (AvgIpc) is 3.22. The Kier molecular flexibility index (Phi) is 2.87. The summed E-state index contributed by atoms with van der Waals surface area (Å²) in [5.41, 5.74) is 3.13. The fourth-order valence-corrected chi connectivity index (χ4v) is 2.49. The molecule has 0 unspecified atom stereocenters. The van der Waals surface area contributed by atoms with Crippen molar-refractivity contribution in [1.82, 2.24) is 19.6 Å². The number of non-ortho nitro benzene ring substituents is 1. The fourth-order valence-electron chi connectivity index (χ4n) is 2.49. The molecule has 8 heteroatoms. The highest BCUT2D eigenvalue weighted by atomic mass is 16.6. The SMILES string of the molecule is O=[N+]([O-])c1ccc(-c2c(-c3ncco3)cn3ncncc23)cc1. The van der Waals surface area contributed by atoms with Gasteiger partial charge in [0.1, 0.15) is 12.6 Å². The Hall–Kier alpha value is -3.55. The van der Waals surface area contributed by atoms with Gasteiger partial charge in [-0.25, -0.2) is 14.5 Å². The lowest BCUT2D eigenvalue weighted by molar-refractivity contribution is -0.384. The van der Waals surface area contributed by atoms with E-state index in [1.165, 1.54) is 24.7 Å². The van der Waals surface area contributed by atoms with Crippen LogP contribution in [-0.4, -0.2) is 24.5 Å². The maximum absolute atomic E-state index is 10.8. The summed E-state index contributed by atoms with van der Waals surface area (Å²) in [6, 6.07) is 6.30. The Morgan fingerprint density at radius 3 is 2.74 bits per heavy atom. The summed E-state index contributed by atoms with van der Waals surface area (Å²) in [6.45, 7) is 0. The van der Waals surface area contributed by atoms with Crippen molar-refractivity contribution in [2.45, 2.75) is 0 Å². The van der Waals surface area contributed by atoms with E-state index in [0.717, 1.165) is 22.2 Å². The predicted molar refractivity (Wildman–Crippen MR) is 80.6 cm³/mol. The van der Waals surface area contributed by atoms with Gasteiger partial charge < -0.3 is 4.42 Å². The second kappa shape index (κ2) is 5.02. The number of aromatic nitrogens is 4. The van der Waals surface area contributed by atoms with E-state index < -0.39 is 4.92 Å². The Labute approximate surface area is 129 Å². The zero-order valence-electron chi connectivity index (χ0n) is 11.7. The minimum Gasteiger partial charge on any atom is -0.444 e. The second-order valence-corrected chi connectivity index (χ2v) is 4.80. The van der Waals surface area contributed by atoms with Crippen LogP contribution in [0.1, 0.15) is 0 Å². The molecule has 4 aromatic rings. The van der Waals surface area contributed by atoms with Gasteiger partial charge in [-0.15, -0.1) is 0 Å². The number of hydrogen-bond donors (Lipinski definition) is 0. The third-order valence-electron chi connectivity index (χ3n) is 3.49. The van der Waals surface area contributed by atoms with Crippen molar-refractivity contribution >= 4 is 11.2 Å². The van der Waals surface area contributed by atoms with Crippen LogP contribution in [0.2, 0.25) is 0 Å². The summed E-state index contributed by atoms with van der Waals surface area (Å²) in [5, 5.41) is 15.0. The normalized spacial score (nSPS) is 11.0. The van der Waals surface area contributed by atoms with Crippen LogP contribution in [0.3, 0.4) is 0 Å². The summed E-state index contributed by atoms with van der Waals surface area (Å²) < 4.78 is 7.06. The van der Waals surface area contributed by atoms with Gasteiger partial charge in [-0.1, -0.05) is 0 Å². The molecule has 4 rings (SSSR count). The van der Waals surface area contributed by atoms with Gasteiger partial charge in [0, 0.05) is 23.9 Å². The minimum atomic E-state index is -0.431. The standard InChI is InChI=1S/C15H9N5O3/c21-20(22)11-3-1-10(2-4-11)14-12(15-17-5-6-23-15)8-19-13(14)7-16-9-18-19/h1-9H. The smallest absolute Gasteiger partial charge is 0.269 e. The van der Waals surface area contributed by atoms with Gasteiger partial charge in [0.25, 0.3) is 5.69 Å². The summed E-state index contributed by atoms with van der Waals surface area (Å²) >= 11 is 0. The van der Waals surface area contributed by atoms with E-state index in [4.69, 9.17) is 4.42 Å². The lowest BCUT2D eigenvalue weighted by atomic mass is 10.0. The molecule has 0 N–H and O–H groups in total. The molecule has 0 saturated heterocycles. The Bertz CT molecular complexity index is 990. The molecule has 0 aliphatic rings. The van der Waals surface area contributed by atoms with Crippen molar-refractivity contribution in [3.63, 3.8) is 0 Å². The van der Waals surface area contributed by atoms with Gasteiger partial charge in [0.2, 0.25) is 5.89 Å². The van der Waals surface area contributed by atoms with E-state index in [1.54, 1.807) is 35.2 Å². The average molecular weight is 307 g/mol. The number of rotatable bonds is 3. The third kappa shape index (κ3) is 2.13. The zero-order chi connectivity index (χ0) is 15.8. The maximum Gasteiger partial charge on any atom is 0.269 e. The van der Waals surface area contributed by atoms with E-state index in [1.807, 2.05) is 0 Å². The number of nitro benzene ring substituents is 1. The van der Waals surface area contributed by atoms with Crippen LogP contribution in [0.5, 0.6) is 0 Å². The van der Waals surface area contributed by atoms with E-state index in [0.29, 0.717) is 5.89 Å². The molecular formula is C15H9N5O3. The first kappa shape index (κ1) is 13.1. The van der Waals surface area contributed by atoms with Crippen LogP contribution < -0.4 is 0 Å². The second-order valence-electron chi connectivity index (χ2n) is 4.80. The van der Waals surface area contributed by atoms with Gasteiger partial charge in [-0.05, 0) is 17.7 Å². The van der Waals surface area contributed by atoms with Crippen LogP contribution in [0.15, 0.2) is 59.9 Å². The largest absolute Gasteiger partial charge is 0.444 e. The fraction of sp³-hybridized carbons (Fsp3) is 0. The zero-order valence-corrected chi connectivity index (χ0v) is 11.7. The van der Waals surface area contributed by atoms with Crippen molar-refractivity contribution in [2.75, 3.05) is 0 Å². The first-order valence-corrected chi connectivity index (χ1v) is 6.70. The molecule has 0 bridgehead atoms. The molecule has 0 aliphatic carbocycles. The summed E-state index contributed by atoms with van der Waals surface area (Å²) in [5.74, 6) is 0.448. The summed E-state index contributed by atoms with van der Waals surface area (Å²) in [6.07, 6.45) is 7.95. The number of fused-ring (bicyclic) bond motifs is 1. The van der Waals surface area contributed by atoms with Crippen LogP contribution in [-0.2, 0) is 0 Å². The molecule has 0 atom stereocenters. The highest BCUT2D eigenvalue weighted by Gasteiger charge is 2.18. The molecule has 0 fully saturated rings. The molecule has 23 heavy (non-hydrogen) atoms. The molecule has 0 amide bonds. The van der Waals surface area contributed by atoms with Crippen LogP contribution in [0.25, 0.3) is 28.1 Å². The van der Waals surface area contributed by atoms with Gasteiger partial charge >= 0.3 is 0 Å². The van der Waals surface area contributed by atoms with Gasteiger partial charge in [-0.2, -0.15) is 5.10 Å². The van der Waals surface area contributed by atoms with Crippen molar-refractivity contribution < 1.29 is 9.34 Å². The van der Waals surface area contributed by atoms with Crippen LogP contribution in [0.4, 0.5) is 5.69 Å². The minimum absolute atomic E-state index is 0.0335. The predicted octanol–water partition coefficient (Wildman–Crippen LogP) is 2.96. The number of nitro groups is 1. The van der Waals surface area contributed by atoms with Crippen LogP contribution in [0, 0.1) is 10.1 Å². The van der Waals surface area contributed by atoms with Gasteiger partial charge in [0.05, 0.1) is 28.4 Å². The topological polar surface area (TPSA) is 99.4 Å². The number of benzene rings is 1. The highest BCUT2D eigenvalue weighted by Crippen LogP contribution is 2.36. The Morgan fingerprint density at radius 1 is 1.22 bits per heavy atom. The molecule has 3 heterocycles. The number of hydrogen-bond acceptors (Lipinski definition) is 6. The number of oxazole rings is 1. The lowest BCUT2D eigenvalue weighted by Crippen LogP contribution is -1.90. The highest BCUT2D eigenvalue weighted by molar-refractivity contribution is 5.92. The van der Waals surface area contributed by atoms with Crippen molar-refractivity contribution in [1.29, 1.82) is 0 Å². The van der Waals surface area contributed by atoms with E-state index in [-0.39, 0.29) is 5.69 Å². The Morgan fingerprint density at radius 2 is 2.04 bits per heavy atom. The summed E-state index contributed by atoms with van der Waals surface area (Å²) in [4.78, 5) is 18.6. The molecule has 112 valence electrons. The van der Waals surface area contributed by atoms with E-state index in [2.05, 4.69) is 15.1 Å². The molecule has 0 aliphatic heterocycles. The lowest BCUT2D eigenvalue weighted by Gasteiger charge is -2.02. The van der Waals surface area contributed by atoms with E-state index in [9.17, 15) is 10.1 Å². The molecule has 0 radical (unpaired) electrons. The monoisotopic (exact) mass is 307 g/mol. The molecule has 3 aromatic heterocycles. The molecule has 1 aromatic carbocycles. The molecule has 0 saturated carbocycles. The van der Waals surface area contributed by atoms with Gasteiger partial charge in [-0.3, -0.25) is 10.1 Å². The van der Waals surface area contributed by atoms with Crippen molar-refractivity contribution in [3.05, 3.63) is 65.6 Å². The first-order chi connectivity index (χ1) is 11.2. The number of nitrogens with zero attached hydrogens (tertiary/aromatic N) is 5. The van der Waals surface area contributed by atoms with Crippen molar-refractivity contribution in [2.24, 2.45) is 0 Å². The van der Waals surface area contributed by atoms with Crippen molar-refractivity contribution in [3.8, 4) is 22.6 Å².